The molecule has 0 amide bonds. The normalized spacial score (nSPS) is 11.9. The zero-order valence-corrected chi connectivity index (χ0v) is 9.25. The van der Waals surface area contributed by atoms with Gasteiger partial charge in [-0.25, -0.2) is 0 Å². The molecule has 16 heavy (non-hydrogen) atoms. The van der Waals surface area contributed by atoms with Gasteiger partial charge < -0.3 is 0 Å². The van der Waals surface area contributed by atoms with Gasteiger partial charge in [0.15, 0.2) is 0 Å². The average molecular weight is 294 g/mol. The summed E-state index contributed by atoms with van der Waals surface area (Å²) >= 11 is 0. The van der Waals surface area contributed by atoms with Crippen LogP contribution >= 0.6 is 0 Å². The Hall–Kier alpha value is 0.300. The van der Waals surface area contributed by atoms with Crippen molar-refractivity contribution in [3.63, 3.8) is 0 Å². The molecule has 0 spiro atoms. The van der Waals surface area contributed by atoms with Crippen molar-refractivity contribution in [3.05, 3.63) is 24.3 Å². The molecular formula is C7H10CaO6S2. The van der Waals surface area contributed by atoms with E-state index >= 15 is 0 Å². The summed E-state index contributed by atoms with van der Waals surface area (Å²) in [5, 5.41) is 0. The first-order valence-electron chi connectivity index (χ1n) is 3.66. The van der Waals surface area contributed by atoms with Crippen molar-refractivity contribution >= 4 is 58.0 Å². The van der Waals surface area contributed by atoms with Crippen LogP contribution in [0.1, 0.15) is 0 Å². The van der Waals surface area contributed by atoms with Crippen LogP contribution in [0.3, 0.4) is 0 Å². The van der Waals surface area contributed by atoms with Crippen molar-refractivity contribution < 1.29 is 25.6 Å². The van der Waals surface area contributed by atoms with Crippen molar-refractivity contribution in [2.75, 3.05) is 7.11 Å². The SMILES string of the molecule is COS(=O)(=O)c1ccccc1S(=O)(=O)O.[CaH2]. The Labute approximate surface area is 123 Å². The Morgan fingerprint density at radius 1 is 1.06 bits per heavy atom. The van der Waals surface area contributed by atoms with E-state index < -0.39 is 30.0 Å². The monoisotopic (exact) mass is 294 g/mol. The Kier molecular flexibility index (Phi) is 5.87. The third kappa shape index (κ3) is 3.66. The van der Waals surface area contributed by atoms with Gasteiger partial charge in [-0.05, 0) is 12.1 Å². The molecule has 1 aromatic rings. The van der Waals surface area contributed by atoms with Gasteiger partial charge in [0.05, 0.1) is 7.11 Å². The van der Waals surface area contributed by atoms with Gasteiger partial charge in [0.25, 0.3) is 20.2 Å². The Morgan fingerprint density at radius 3 is 1.88 bits per heavy atom. The predicted octanol–water partition coefficient (Wildman–Crippen LogP) is -0.648. The summed E-state index contributed by atoms with van der Waals surface area (Å²) in [4.78, 5) is -1.29. The molecule has 0 aliphatic carbocycles. The first-order valence-corrected chi connectivity index (χ1v) is 6.51. The fraction of sp³-hybridized carbons (Fsp3) is 0.143. The summed E-state index contributed by atoms with van der Waals surface area (Å²) in [5.41, 5.74) is 0. The van der Waals surface area contributed by atoms with E-state index in [-0.39, 0.29) is 37.7 Å². The van der Waals surface area contributed by atoms with Crippen LogP contribution in [0.25, 0.3) is 0 Å². The third-order valence-corrected chi connectivity index (χ3v) is 3.99. The standard InChI is InChI=1S/C7H8O6S2.Ca.2H/c1-13-15(11,12)7-5-3-2-4-6(7)14(8,9)10;;;/h2-5H,1H3,(H,8,9,10);;;. The Bertz CT molecular complexity index is 562. The maximum absolute atomic E-state index is 11.3. The summed E-state index contributed by atoms with van der Waals surface area (Å²) in [6.07, 6.45) is 0. The van der Waals surface area contributed by atoms with Gasteiger partial charge in [-0.15, -0.1) is 0 Å². The van der Waals surface area contributed by atoms with Crippen molar-refractivity contribution in [3.8, 4) is 0 Å². The fourth-order valence-corrected chi connectivity index (χ4v) is 2.89. The Morgan fingerprint density at radius 2 is 1.50 bits per heavy atom. The maximum atomic E-state index is 11.3. The molecule has 9 heteroatoms. The third-order valence-electron chi connectivity index (χ3n) is 1.62. The van der Waals surface area contributed by atoms with Gasteiger partial charge in [-0.1, -0.05) is 12.1 Å². The summed E-state index contributed by atoms with van der Waals surface area (Å²) < 4.78 is 57.2. The van der Waals surface area contributed by atoms with E-state index in [0.717, 1.165) is 19.2 Å². The minimum atomic E-state index is -4.59. The van der Waals surface area contributed by atoms with Crippen LogP contribution in [-0.2, 0) is 24.4 Å². The van der Waals surface area contributed by atoms with Gasteiger partial charge >= 0.3 is 37.7 Å². The van der Waals surface area contributed by atoms with Crippen LogP contribution < -0.4 is 0 Å². The number of rotatable bonds is 3. The van der Waals surface area contributed by atoms with E-state index in [1.807, 2.05) is 0 Å². The molecule has 0 heterocycles. The zero-order valence-electron chi connectivity index (χ0n) is 7.61. The summed E-state index contributed by atoms with van der Waals surface area (Å²) in [5.74, 6) is 0. The second kappa shape index (κ2) is 5.76. The molecule has 0 saturated carbocycles. The molecule has 1 rings (SSSR count). The van der Waals surface area contributed by atoms with Crippen LogP contribution in [-0.4, -0.2) is 66.2 Å². The van der Waals surface area contributed by atoms with Crippen LogP contribution in [0.2, 0.25) is 0 Å². The quantitative estimate of drug-likeness (QED) is 0.452. The van der Waals surface area contributed by atoms with Gasteiger partial charge in [0.2, 0.25) is 0 Å². The summed E-state index contributed by atoms with van der Waals surface area (Å²) in [6.45, 7) is 0. The van der Waals surface area contributed by atoms with Gasteiger partial charge in [-0.2, -0.15) is 16.8 Å². The summed E-state index contributed by atoms with van der Waals surface area (Å²) in [7, 11) is -7.84. The molecule has 0 aromatic heterocycles. The van der Waals surface area contributed by atoms with Crippen LogP contribution in [0.15, 0.2) is 34.1 Å². The molecule has 1 N–H and O–H groups in total. The van der Waals surface area contributed by atoms with Crippen molar-refractivity contribution in [1.82, 2.24) is 0 Å². The molecule has 0 unspecified atom stereocenters. The van der Waals surface area contributed by atoms with Crippen molar-refractivity contribution in [1.29, 1.82) is 0 Å². The molecular weight excluding hydrogens is 284 g/mol. The number of benzene rings is 1. The molecule has 6 nitrogen and oxygen atoms in total. The van der Waals surface area contributed by atoms with E-state index in [1.54, 1.807) is 0 Å². The minimum absolute atomic E-state index is 0. The topological polar surface area (TPSA) is 97.7 Å². The van der Waals surface area contributed by atoms with Gasteiger partial charge in [0.1, 0.15) is 9.79 Å². The molecule has 88 valence electrons. The molecule has 0 radical (unpaired) electrons. The predicted molar refractivity (Wildman–Crippen MR) is 59.0 cm³/mol. The van der Waals surface area contributed by atoms with E-state index in [4.69, 9.17) is 4.55 Å². The van der Waals surface area contributed by atoms with Crippen molar-refractivity contribution in [2.24, 2.45) is 0 Å². The molecule has 0 bridgehead atoms. The molecule has 0 aliphatic rings. The van der Waals surface area contributed by atoms with E-state index in [1.165, 1.54) is 12.1 Å². The van der Waals surface area contributed by atoms with Crippen LogP contribution in [0.4, 0.5) is 0 Å². The summed E-state index contributed by atoms with van der Waals surface area (Å²) in [6, 6.07) is 4.61. The van der Waals surface area contributed by atoms with Crippen molar-refractivity contribution in [2.45, 2.75) is 9.79 Å². The van der Waals surface area contributed by atoms with E-state index in [9.17, 15) is 16.8 Å². The first kappa shape index (κ1) is 16.3. The Balaban J connectivity index is 0.00000225. The van der Waals surface area contributed by atoms with Crippen LogP contribution in [0, 0.1) is 0 Å². The first-order chi connectivity index (χ1) is 6.79. The second-order valence-electron chi connectivity index (χ2n) is 2.54. The molecule has 0 fully saturated rings. The molecule has 0 aliphatic heterocycles. The van der Waals surface area contributed by atoms with Gasteiger partial charge in [0, 0.05) is 0 Å². The van der Waals surface area contributed by atoms with Crippen LogP contribution in [0.5, 0.6) is 0 Å². The van der Waals surface area contributed by atoms with E-state index in [2.05, 4.69) is 4.18 Å². The zero-order chi connectivity index (χ0) is 11.7. The van der Waals surface area contributed by atoms with E-state index in [0.29, 0.717) is 0 Å². The number of hydrogen-bond donors (Lipinski definition) is 1. The molecule has 0 saturated heterocycles. The average Bonchev–Trinajstić information content (AvgIpc) is 2.16. The van der Waals surface area contributed by atoms with Gasteiger partial charge in [-0.3, -0.25) is 8.74 Å². The fourth-order valence-electron chi connectivity index (χ4n) is 0.960. The molecule has 0 atom stereocenters. The molecule has 1 aromatic carbocycles. The number of hydrogen-bond acceptors (Lipinski definition) is 5. The second-order valence-corrected chi connectivity index (χ2v) is 5.61.